The Bertz CT molecular complexity index is 785. The first-order valence-corrected chi connectivity index (χ1v) is 8.21. The number of nitrogens with zero attached hydrogens (tertiary/aromatic N) is 2. The number of aliphatic hydroxyl groups is 1. The molecule has 1 aromatic heterocycles. The molecule has 23 heavy (non-hydrogen) atoms. The number of H-pyrrole nitrogens is 1. The number of benzene rings is 1. The van der Waals surface area contributed by atoms with Crippen LogP contribution in [0.15, 0.2) is 18.2 Å². The minimum Gasteiger partial charge on any atom is -0.396 e. The van der Waals surface area contributed by atoms with Crippen molar-refractivity contribution in [3.63, 3.8) is 0 Å². The topological polar surface area (TPSA) is 82.4 Å². The van der Waals surface area contributed by atoms with Gasteiger partial charge >= 0.3 is 0 Å². The van der Waals surface area contributed by atoms with Crippen LogP contribution in [0.5, 0.6) is 0 Å². The fourth-order valence-electron chi connectivity index (χ4n) is 4.43. The van der Waals surface area contributed by atoms with Gasteiger partial charge in [0, 0.05) is 35.7 Å². The van der Waals surface area contributed by atoms with Gasteiger partial charge in [-0.15, -0.1) is 0 Å². The van der Waals surface area contributed by atoms with Gasteiger partial charge in [0.25, 0.3) is 5.69 Å². The van der Waals surface area contributed by atoms with Gasteiger partial charge in [-0.05, 0) is 44.4 Å². The molecule has 0 spiro atoms. The van der Waals surface area contributed by atoms with Gasteiger partial charge in [0.2, 0.25) is 0 Å². The zero-order valence-corrected chi connectivity index (χ0v) is 13.2. The monoisotopic (exact) mass is 315 g/mol. The van der Waals surface area contributed by atoms with Crippen molar-refractivity contribution < 1.29 is 10.0 Å². The first kappa shape index (κ1) is 14.7. The third-order valence-electron chi connectivity index (χ3n) is 5.68. The third-order valence-corrected chi connectivity index (χ3v) is 5.68. The molecule has 2 aliphatic rings. The molecule has 0 amide bonds. The Kier molecular flexibility index (Phi) is 3.21. The van der Waals surface area contributed by atoms with Gasteiger partial charge in [-0.2, -0.15) is 0 Å². The fourth-order valence-corrected chi connectivity index (χ4v) is 4.43. The van der Waals surface area contributed by atoms with Gasteiger partial charge in [-0.1, -0.05) is 0 Å². The van der Waals surface area contributed by atoms with Crippen LogP contribution in [0, 0.1) is 10.1 Å². The van der Waals surface area contributed by atoms with Crippen LogP contribution in [0.4, 0.5) is 5.69 Å². The molecule has 0 radical (unpaired) electrons. The maximum atomic E-state index is 11.0. The van der Waals surface area contributed by atoms with Crippen molar-refractivity contribution in [2.75, 3.05) is 19.7 Å². The average molecular weight is 315 g/mol. The zero-order chi connectivity index (χ0) is 16.2. The Balaban J connectivity index is 1.95. The molecule has 122 valence electrons. The van der Waals surface area contributed by atoms with Crippen LogP contribution in [-0.2, 0) is 5.54 Å². The number of rotatable bonds is 2. The Morgan fingerprint density at radius 1 is 1.48 bits per heavy atom. The number of fused-ring (bicyclic) bond motifs is 5. The summed E-state index contributed by atoms with van der Waals surface area (Å²) in [5.74, 6) is 0.0615. The average Bonchev–Trinajstić information content (AvgIpc) is 2.94. The summed E-state index contributed by atoms with van der Waals surface area (Å²) < 4.78 is 0. The van der Waals surface area contributed by atoms with E-state index < -0.39 is 0 Å². The normalized spacial score (nSPS) is 27.7. The van der Waals surface area contributed by atoms with E-state index in [1.54, 1.807) is 12.1 Å². The van der Waals surface area contributed by atoms with Gasteiger partial charge in [0.05, 0.1) is 22.6 Å². The van der Waals surface area contributed by atoms with E-state index in [0.717, 1.165) is 41.7 Å². The highest BCUT2D eigenvalue weighted by Crippen LogP contribution is 2.47. The van der Waals surface area contributed by atoms with Crippen molar-refractivity contribution >= 4 is 16.6 Å². The largest absolute Gasteiger partial charge is 0.396 e. The molecule has 1 fully saturated rings. The Morgan fingerprint density at radius 3 is 3.04 bits per heavy atom. The second kappa shape index (κ2) is 5.04. The molecule has 3 heterocycles. The van der Waals surface area contributed by atoms with E-state index in [-0.39, 0.29) is 28.7 Å². The van der Waals surface area contributed by atoms with E-state index in [0.29, 0.717) is 0 Å². The quantitative estimate of drug-likeness (QED) is 0.659. The number of nitrogens with one attached hydrogen (secondary N) is 1. The number of hydrogen-bond donors (Lipinski definition) is 2. The van der Waals surface area contributed by atoms with E-state index in [4.69, 9.17) is 0 Å². The zero-order valence-electron chi connectivity index (χ0n) is 13.2. The summed E-state index contributed by atoms with van der Waals surface area (Å²) in [4.78, 5) is 16.6. The SMILES string of the molecule is CC12CCCCN1CC(CO)c1c2[nH]c2cc([N+](=O)[O-])ccc12. The molecule has 2 unspecified atom stereocenters. The number of nitro benzene ring substituents is 1. The standard InChI is InChI=1S/C17H21N3O3/c1-17-6-2-3-7-19(17)9-11(10-21)15-13-5-4-12(20(22)23)8-14(13)18-16(15)17/h4-5,8,11,18,21H,2-3,6-7,9-10H2,1H3. The molecule has 2 atom stereocenters. The first-order chi connectivity index (χ1) is 11.0. The van der Waals surface area contributed by atoms with Gasteiger partial charge in [-0.25, -0.2) is 0 Å². The lowest BCUT2D eigenvalue weighted by Crippen LogP contribution is -2.53. The molecule has 6 nitrogen and oxygen atoms in total. The number of non-ortho nitro benzene ring substituents is 1. The molecule has 0 aliphatic carbocycles. The summed E-state index contributed by atoms with van der Waals surface area (Å²) in [5, 5.41) is 21.9. The fraction of sp³-hybridized carbons (Fsp3) is 0.529. The highest BCUT2D eigenvalue weighted by atomic mass is 16.6. The van der Waals surface area contributed by atoms with Gasteiger partial charge < -0.3 is 10.1 Å². The van der Waals surface area contributed by atoms with E-state index in [1.807, 2.05) is 6.07 Å². The summed E-state index contributed by atoms with van der Waals surface area (Å²) in [6.07, 6.45) is 3.45. The van der Waals surface area contributed by atoms with Crippen molar-refractivity contribution in [3.05, 3.63) is 39.6 Å². The number of piperidine rings is 1. The summed E-state index contributed by atoms with van der Waals surface area (Å²) in [6, 6.07) is 4.99. The molecule has 2 aromatic rings. The van der Waals surface area contributed by atoms with Gasteiger partial charge in [0.1, 0.15) is 0 Å². The maximum Gasteiger partial charge on any atom is 0.271 e. The van der Waals surface area contributed by atoms with Crippen LogP contribution in [0.2, 0.25) is 0 Å². The number of aromatic amines is 1. The summed E-state index contributed by atoms with van der Waals surface area (Å²) >= 11 is 0. The number of aliphatic hydroxyl groups excluding tert-OH is 1. The number of hydrogen-bond acceptors (Lipinski definition) is 4. The summed E-state index contributed by atoms with van der Waals surface area (Å²) in [6.45, 7) is 4.25. The predicted octanol–water partition coefficient (Wildman–Crippen LogP) is 2.87. The maximum absolute atomic E-state index is 11.0. The van der Waals surface area contributed by atoms with Crippen molar-refractivity contribution in [2.45, 2.75) is 37.6 Å². The highest BCUT2D eigenvalue weighted by Gasteiger charge is 2.45. The molecule has 0 bridgehead atoms. The Hall–Kier alpha value is -1.92. The smallest absolute Gasteiger partial charge is 0.271 e. The predicted molar refractivity (Wildman–Crippen MR) is 87.6 cm³/mol. The molecule has 2 aliphatic heterocycles. The highest BCUT2D eigenvalue weighted by molar-refractivity contribution is 5.88. The molecule has 6 heteroatoms. The second-order valence-electron chi connectivity index (χ2n) is 6.96. The molecule has 1 aromatic carbocycles. The van der Waals surface area contributed by atoms with Crippen LogP contribution >= 0.6 is 0 Å². The number of aromatic nitrogens is 1. The van der Waals surface area contributed by atoms with E-state index >= 15 is 0 Å². The third kappa shape index (κ3) is 2.01. The number of nitro groups is 1. The van der Waals surface area contributed by atoms with Gasteiger partial charge in [-0.3, -0.25) is 15.0 Å². The minimum absolute atomic E-state index is 0.0615. The first-order valence-electron chi connectivity index (χ1n) is 8.21. The van der Waals surface area contributed by atoms with Crippen molar-refractivity contribution in [1.29, 1.82) is 0 Å². The van der Waals surface area contributed by atoms with Gasteiger partial charge in [0.15, 0.2) is 0 Å². The molecule has 4 rings (SSSR count). The van der Waals surface area contributed by atoms with Crippen LogP contribution < -0.4 is 0 Å². The van der Waals surface area contributed by atoms with Crippen molar-refractivity contribution in [2.24, 2.45) is 0 Å². The lowest BCUT2D eigenvalue weighted by molar-refractivity contribution is -0.384. The Labute approximate surface area is 134 Å². The van der Waals surface area contributed by atoms with E-state index in [1.165, 1.54) is 12.8 Å². The van der Waals surface area contributed by atoms with Crippen LogP contribution in [0.3, 0.4) is 0 Å². The summed E-state index contributed by atoms with van der Waals surface area (Å²) in [5.41, 5.74) is 3.13. The van der Waals surface area contributed by atoms with Crippen LogP contribution in [0.25, 0.3) is 10.9 Å². The van der Waals surface area contributed by atoms with Crippen molar-refractivity contribution in [3.8, 4) is 0 Å². The second-order valence-corrected chi connectivity index (χ2v) is 6.96. The van der Waals surface area contributed by atoms with Crippen LogP contribution in [-0.4, -0.2) is 39.6 Å². The van der Waals surface area contributed by atoms with E-state index in [9.17, 15) is 15.2 Å². The van der Waals surface area contributed by atoms with Crippen molar-refractivity contribution in [1.82, 2.24) is 9.88 Å². The molecule has 2 N–H and O–H groups in total. The Morgan fingerprint density at radius 2 is 2.30 bits per heavy atom. The molecule has 0 saturated carbocycles. The minimum atomic E-state index is -0.364. The molecule has 1 saturated heterocycles. The molecular formula is C17H21N3O3. The molecular weight excluding hydrogens is 294 g/mol. The van der Waals surface area contributed by atoms with Crippen LogP contribution in [0.1, 0.15) is 43.4 Å². The van der Waals surface area contributed by atoms with E-state index in [2.05, 4.69) is 16.8 Å². The lowest BCUT2D eigenvalue weighted by atomic mass is 9.76. The summed E-state index contributed by atoms with van der Waals surface area (Å²) in [7, 11) is 0. The lowest BCUT2D eigenvalue weighted by Gasteiger charge is -2.50.